The fourth-order valence-corrected chi connectivity index (χ4v) is 4.93. The number of carbonyl (C=O) groups is 2. The van der Waals surface area contributed by atoms with Crippen molar-refractivity contribution >= 4 is 58.0 Å². The molecular formula is C28H26Cl3FN4O2. The molecule has 0 unspecified atom stereocenters. The van der Waals surface area contributed by atoms with Gasteiger partial charge in [-0.05, 0) is 86.4 Å². The number of nitrogens with one attached hydrogen (secondary N) is 2. The number of amides is 2. The number of benzene rings is 3. The molecule has 1 aliphatic heterocycles. The summed E-state index contributed by atoms with van der Waals surface area (Å²) >= 11 is 18.1. The molecule has 2 N–H and O–H groups in total. The number of anilines is 1. The minimum absolute atomic E-state index is 0.118. The molecule has 1 aliphatic rings. The van der Waals surface area contributed by atoms with Crippen LogP contribution in [0.1, 0.15) is 41.3 Å². The molecule has 38 heavy (non-hydrogen) atoms. The summed E-state index contributed by atoms with van der Waals surface area (Å²) in [4.78, 5) is 27.4. The first-order chi connectivity index (χ1) is 18.2. The zero-order chi connectivity index (χ0) is 27.2. The van der Waals surface area contributed by atoms with Gasteiger partial charge in [-0.1, -0.05) is 53.0 Å². The Kier molecular flexibility index (Phi) is 9.39. The number of carbonyl (C=O) groups excluding carboxylic acids is 2. The fraction of sp³-hybridized carbons (Fsp3) is 0.250. The highest BCUT2D eigenvalue weighted by Gasteiger charge is 2.25. The van der Waals surface area contributed by atoms with E-state index in [2.05, 4.69) is 20.7 Å². The topological polar surface area (TPSA) is 73.8 Å². The maximum absolute atomic E-state index is 13.3. The van der Waals surface area contributed by atoms with E-state index < -0.39 is 0 Å². The number of hydrazone groups is 1. The molecule has 3 aromatic carbocycles. The lowest BCUT2D eigenvalue weighted by Gasteiger charge is -2.31. The highest BCUT2D eigenvalue weighted by Crippen LogP contribution is 2.24. The van der Waals surface area contributed by atoms with Gasteiger partial charge in [-0.25, -0.2) is 9.82 Å². The lowest BCUT2D eigenvalue weighted by atomic mass is 9.96. The van der Waals surface area contributed by atoms with Crippen molar-refractivity contribution in [3.8, 4) is 0 Å². The van der Waals surface area contributed by atoms with Crippen LogP contribution in [0, 0.1) is 11.7 Å². The van der Waals surface area contributed by atoms with Gasteiger partial charge >= 0.3 is 0 Å². The van der Waals surface area contributed by atoms with Crippen molar-refractivity contribution < 1.29 is 14.0 Å². The first kappa shape index (κ1) is 28.0. The molecule has 1 fully saturated rings. The molecule has 0 aromatic heterocycles. The summed E-state index contributed by atoms with van der Waals surface area (Å²) in [5.74, 6) is -0.951. The molecular weight excluding hydrogens is 550 g/mol. The van der Waals surface area contributed by atoms with Crippen molar-refractivity contribution in [1.82, 2.24) is 10.3 Å². The summed E-state index contributed by atoms with van der Waals surface area (Å²) in [6.07, 6.45) is 1.40. The predicted molar refractivity (Wildman–Crippen MR) is 151 cm³/mol. The molecule has 0 bridgehead atoms. The quantitative estimate of drug-likeness (QED) is 0.241. The van der Waals surface area contributed by atoms with E-state index >= 15 is 0 Å². The monoisotopic (exact) mass is 574 g/mol. The Hall–Kier alpha value is -2.97. The maximum Gasteiger partial charge on any atom is 0.257 e. The summed E-state index contributed by atoms with van der Waals surface area (Å²) < 4.78 is 13.3. The first-order valence-electron chi connectivity index (χ1n) is 12.1. The smallest absolute Gasteiger partial charge is 0.257 e. The van der Waals surface area contributed by atoms with Crippen LogP contribution in [0.15, 0.2) is 65.8 Å². The number of hydrogen-bond donors (Lipinski definition) is 2. The van der Waals surface area contributed by atoms with E-state index in [1.807, 2.05) is 12.1 Å². The van der Waals surface area contributed by atoms with Crippen molar-refractivity contribution in [1.29, 1.82) is 0 Å². The highest BCUT2D eigenvalue weighted by molar-refractivity contribution is 6.37. The van der Waals surface area contributed by atoms with Crippen molar-refractivity contribution in [2.45, 2.75) is 26.3 Å². The minimum atomic E-state index is -0.354. The minimum Gasteiger partial charge on any atom is -0.322 e. The molecule has 0 aliphatic carbocycles. The normalized spacial score (nSPS) is 14.8. The van der Waals surface area contributed by atoms with Crippen LogP contribution < -0.4 is 10.7 Å². The van der Waals surface area contributed by atoms with Crippen molar-refractivity contribution in [3.63, 3.8) is 0 Å². The Balaban J connectivity index is 1.26. The largest absolute Gasteiger partial charge is 0.322 e. The number of halogens is 4. The van der Waals surface area contributed by atoms with Crippen LogP contribution in [0.4, 0.5) is 10.1 Å². The molecule has 3 aromatic rings. The van der Waals surface area contributed by atoms with Crippen LogP contribution in [0.25, 0.3) is 0 Å². The second-order valence-corrected chi connectivity index (χ2v) is 10.4. The van der Waals surface area contributed by atoms with E-state index in [1.54, 1.807) is 37.3 Å². The molecule has 0 saturated carbocycles. The van der Waals surface area contributed by atoms with E-state index in [0.29, 0.717) is 46.4 Å². The van der Waals surface area contributed by atoms with Crippen LogP contribution >= 0.6 is 34.8 Å². The predicted octanol–water partition coefficient (Wildman–Crippen LogP) is 6.79. The van der Waals surface area contributed by atoms with E-state index in [1.165, 1.54) is 18.2 Å². The van der Waals surface area contributed by atoms with Gasteiger partial charge in [0.05, 0.1) is 16.3 Å². The zero-order valence-electron chi connectivity index (χ0n) is 20.6. The summed E-state index contributed by atoms with van der Waals surface area (Å²) in [5.41, 5.74) is 5.91. The van der Waals surface area contributed by atoms with Crippen LogP contribution in [-0.4, -0.2) is 35.5 Å². The Morgan fingerprint density at radius 3 is 2.34 bits per heavy atom. The molecule has 2 amide bonds. The lowest BCUT2D eigenvalue weighted by molar-refractivity contribution is -0.126. The lowest BCUT2D eigenvalue weighted by Crippen LogP contribution is -2.39. The molecule has 198 valence electrons. The van der Waals surface area contributed by atoms with Crippen LogP contribution in [0.5, 0.6) is 0 Å². The summed E-state index contributed by atoms with van der Waals surface area (Å²) in [7, 11) is 0. The number of nitrogens with zero attached hydrogens (tertiary/aromatic N) is 2. The van der Waals surface area contributed by atoms with Gasteiger partial charge in [-0.2, -0.15) is 5.10 Å². The summed E-state index contributed by atoms with van der Waals surface area (Å²) in [6, 6.07) is 16.2. The van der Waals surface area contributed by atoms with Crippen molar-refractivity contribution in [2.24, 2.45) is 11.0 Å². The van der Waals surface area contributed by atoms with E-state index in [0.717, 1.165) is 24.2 Å². The average Bonchev–Trinajstić information content (AvgIpc) is 2.89. The zero-order valence-corrected chi connectivity index (χ0v) is 22.9. The van der Waals surface area contributed by atoms with Gasteiger partial charge in [0.1, 0.15) is 5.82 Å². The van der Waals surface area contributed by atoms with Gasteiger partial charge in [0, 0.05) is 28.2 Å². The average molecular weight is 576 g/mol. The number of hydrogen-bond acceptors (Lipinski definition) is 4. The second-order valence-electron chi connectivity index (χ2n) is 9.12. The molecule has 6 nitrogen and oxygen atoms in total. The van der Waals surface area contributed by atoms with Crippen LogP contribution in [-0.2, 0) is 11.3 Å². The second kappa shape index (κ2) is 12.7. The Bertz CT molecular complexity index is 1360. The Labute approximate surface area is 235 Å². The van der Waals surface area contributed by atoms with Gasteiger partial charge in [0.25, 0.3) is 5.91 Å². The van der Waals surface area contributed by atoms with Crippen molar-refractivity contribution in [2.75, 3.05) is 18.4 Å². The molecule has 1 heterocycles. The Morgan fingerprint density at radius 2 is 1.68 bits per heavy atom. The third-order valence-corrected chi connectivity index (χ3v) is 7.34. The molecule has 1 saturated heterocycles. The van der Waals surface area contributed by atoms with E-state index in [-0.39, 0.29) is 28.6 Å². The van der Waals surface area contributed by atoms with Crippen LogP contribution in [0.2, 0.25) is 15.1 Å². The summed E-state index contributed by atoms with van der Waals surface area (Å²) in [6.45, 7) is 3.90. The molecule has 0 radical (unpaired) electrons. The molecule has 10 heteroatoms. The number of piperidine rings is 1. The van der Waals surface area contributed by atoms with Gasteiger partial charge in [-0.15, -0.1) is 0 Å². The van der Waals surface area contributed by atoms with Crippen molar-refractivity contribution in [3.05, 3.63) is 98.2 Å². The summed E-state index contributed by atoms with van der Waals surface area (Å²) in [5, 5.41) is 8.20. The van der Waals surface area contributed by atoms with Gasteiger partial charge in [0.2, 0.25) is 5.91 Å². The number of likely N-dealkylation sites (tertiary alicyclic amines) is 1. The van der Waals surface area contributed by atoms with Crippen LogP contribution in [0.3, 0.4) is 0 Å². The maximum atomic E-state index is 13.3. The Morgan fingerprint density at radius 1 is 0.974 bits per heavy atom. The van der Waals surface area contributed by atoms with Gasteiger partial charge in [-0.3, -0.25) is 14.5 Å². The molecule has 0 atom stereocenters. The number of rotatable bonds is 7. The third-order valence-electron chi connectivity index (χ3n) is 6.44. The first-order valence-corrected chi connectivity index (χ1v) is 13.2. The molecule has 4 rings (SSSR count). The van der Waals surface area contributed by atoms with E-state index in [9.17, 15) is 14.0 Å². The van der Waals surface area contributed by atoms with Gasteiger partial charge in [0.15, 0.2) is 0 Å². The fourth-order valence-electron chi connectivity index (χ4n) is 4.21. The van der Waals surface area contributed by atoms with E-state index in [4.69, 9.17) is 34.8 Å². The third kappa shape index (κ3) is 7.32. The standard InChI is InChI=1S/C28H26Cl3FN4O2/c1-17(18-3-7-23(8-4-18)33-28(38)24-9-5-21(29)14-26(24)31)34-35-27(37)19-10-12-36(13-11-19)16-20-2-6-22(32)15-25(20)30/h2-9,14-15,19H,10-13,16H2,1H3,(H,33,38)(H,35,37)/b34-17+. The SMILES string of the molecule is C/C(=N\NC(=O)C1CCN(Cc2ccc(F)cc2Cl)CC1)c1ccc(NC(=O)c2ccc(Cl)cc2Cl)cc1. The molecule has 0 spiro atoms. The van der Waals surface area contributed by atoms with Gasteiger partial charge < -0.3 is 5.32 Å². The highest BCUT2D eigenvalue weighted by atomic mass is 35.5.